The molecule has 0 aromatic rings. The molecule has 0 rings (SSSR count). The Labute approximate surface area is 594 Å². The maximum Gasteiger partial charge on any atom is 0.472 e. The molecule has 0 aliphatic rings. The normalized spacial score (nSPS) is 14.6. The predicted octanol–water partition coefficient (Wildman–Crippen LogP) is 23.0. The molecule has 17 nitrogen and oxygen atoms in total. The van der Waals surface area contributed by atoms with Crippen LogP contribution in [0.4, 0.5) is 0 Å². The molecule has 0 spiro atoms. The number of aliphatic hydroxyl groups excluding tert-OH is 1. The molecule has 0 amide bonds. The minimum absolute atomic E-state index is 0.105. The van der Waals surface area contributed by atoms with Gasteiger partial charge in [-0.2, -0.15) is 0 Å². The minimum Gasteiger partial charge on any atom is -0.462 e. The van der Waals surface area contributed by atoms with Crippen molar-refractivity contribution in [2.24, 2.45) is 17.8 Å². The van der Waals surface area contributed by atoms with E-state index in [0.717, 1.165) is 108 Å². The number of carbonyl (C=O) groups is 4. The smallest absolute Gasteiger partial charge is 0.462 e. The van der Waals surface area contributed by atoms with Crippen molar-refractivity contribution in [2.75, 3.05) is 39.6 Å². The standard InChI is InChI=1S/C78H152O17P2/c1-8-11-12-13-14-15-30-38-45-52-59-75(80)88-66-74(95-78(83)62-55-48-41-34-33-37-44-51-58-71(7)10-3)68-93-97(86,87)91-64-72(79)63-90-96(84,85)92-67-73(65-89-76(81)60-53-46-39-31-26-22-18-16-20-24-28-35-42-49-56-69(4)5)94-77(82)61-54-47-40-32-27-23-19-17-21-25-29-36-43-50-57-70(6)9-2/h69-74,79H,8-68H2,1-7H3,(H,84,85)(H,86,87)/t70?,71?,72-,73-,74-/m1/s1. The van der Waals surface area contributed by atoms with Crippen LogP contribution in [0.1, 0.15) is 402 Å². The Bertz CT molecular complexity index is 1890. The largest absolute Gasteiger partial charge is 0.472 e. The monoisotopic (exact) mass is 1420 g/mol. The Hall–Kier alpha value is -1.94. The maximum absolute atomic E-state index is 13.1. The van der Waals surface area contributed by atoms with E-state index >= 15 is 0 Å². The fourth-order valence-corrected chi connectivity index (χ4v) is 13.5. The molecule has 4 unspecified atom stereocenters. The van der Waals surface area contributed by atoms with Gasteiger partial charge in [-0.1, -0.05) is 350 Å². The summed E-state index contributed by atoms with van der Waals surface area (Å²) in [6.45, 7) is 12.0. The Morgan fingerprint density at radius 3 is 0.784 bits per heavy atom. The van der Waals surface area contributed by atoms with Gasteiger partial charge in [-0.25, -0.2) is 9.13 Å². The summed E-state index contributed by atoms with van der Waals surface area (Å²) in [4.78, 5) is 72.9. The molecule has 0 saturated carbocycles. The quantitative estimate of drug-likeness (QED) is 0.0222. The lowest BCUT2D eigenvalue weighted by Crippen LogP contribution is -2.30. The van der Waals surface area contributed by atoms with E-state index in [1.54, 1.807) is 0 Å². The zero-order valence-corrected chi connectivity index (χ0v) is 65.3. The Kier molecular flexibility index (Phi) is 67.1. The number of aliphatic hydroxyl groups is 1. The fourth-order valence-electron chi connectivity index (χ4n) is 11.9. The van der Waals surface area contributed by atoms with Crippen LogP contribution in [-0.4, -0.2) is 96.7 Å². The number of esters is 4. The number of carbonyl (C=O) groups excluding carboxylic acids is 4. The first-order valence-electron chi connectivity index (χ1n) is 40.4. The van der Waals surface area contributed by atoms with E-state index in [2.05, 4.69) is 48.5 Å². The average molecular weight is 1420 g/mol. The number of hydrogen-bond acceptors (Lipinski definition) is 15. The number of rotatable bonds is 76. The average Bonchev–Trinajstić information content (AvgIpc) is 1.73. The first kappa shape index (κ1) is 95.1. The molecule has 0 aliphatic carbocycles. The molecule has 0 fully saturated rings. The summed E-state index contributed by atoms with van der Waals surface area (Å²) in [5.74, 6) is 0.299. The van der Waals surface area contributed by atoms with Gasteiger partial charge in [0.25, 0.3) is 0 Å². The van der Waals surface area contributed by atoms with Crippen LogP contribution < -0.4 is 0 Å². The van der Waals surface area contributed by atoms with Crippen molar-refractivity contribution < 1.29 is 80.2 Å². The van der Waals surface area contributed by atoms with Crippen molar-refractivity contribution >= 4 is 39.5 Å². The molecule has 19 heteroatoms. The summed E-state index contributed by atoms with van der Waals surface area (Å²) in [6.07, 6.45) is 55.3. The number of phosphoric acid groups is 2. The van der Waals surface area contributed by atoms with E-state index in [1.165, 1.54) is 212 Å². The number of phosphoric ester groups is 2. The third-order valence-corrected chi connectivity index (χ3v) is 20.8. The Morgan fingerprint density at radius 2 is 0.526 bits per heavy atom. The maximum atomic E-state index is 13.1. The first-order valence-corrected chi connectivity index (χ1v) is 43.4. The van der Waals surface area contributed by atoms with Gasteiger partial charge in [-0.15, -0.1) is 0 Å². The van der Waals surface area contributed by atoms with Crippen molar-refractivity contribution in [2.45, 2.75) is 420 Å². The van der Waals surface area contributed by atoms with Gasteiger partial charge in [0, 0.05) is 25.7 Å². The van der Waals surface area contributed by atoms with Crippen molar-refractivity contribution in [1.29, 1.82) is 0 Å². The van der Waals surface area contributed by atoms with Crippen LogP contribution in [0.25, 0.3) is 0 Å². The van der Waals surface area contributed by atoms with Crippen LogP contribution in [0.2, 0.25) is 0 Å². The molecule has 0 saturated heterocycles. The van der Waals surface area contributed by atoms with E-state index in [-0.39, 0.29) is 25.7 Å². The molecule has 3 N–H and O–H groups in total. The zero-order chi connectivity index (χ0) is 71.6. The molecule has 7 atom stereocenters. The van der Waals surface area contributed by atoms with Crippen molar-refractivity contribution in [3.63, 3.8) is 0 Å². The highest BCUT2D eigenvalue weighted by atomic mass is 31.2. The lowest BCUT2D eigenvalue weighted by Gasteiger charge is -2.21. The topological polar surface area (TPSA) is 237 Å². The molecule has 0 heterocycles. The number of unbranched alkanes of at least 4 members (excludes halogenated alkanes) is 42. The molecule has 0 radical (unpaired) electrons. The van der Waals surface area contributed by atoms with Crippen LogP contribution in [-0.2, 0) is 65.4 Å². The third kappa shape index (κ3) is 69.5. The minimum atomic E-state index is -4.96. The molecule has 0 aromatic heterocycles. The molecule has 576 valence electrons. The Balaban J connectivity index is 5.25. The highest BCUT2D eigenvalue weighted by molar-refractivity contribution is 7.47. The molecule has 0 aromatic carbocycles. The summed E-state index contributed by atoms with van der Waals surface area (Å²) >= 11 is 0. The van der Waals surface area contributed by atoms with Crippen LogP contribution in [0.5, 0.6) is 0 Å². The molecule has 0 aliphatic heterocycles. The number of ether oxygens (including phenoxy) is 4. The van der Waals surface area contributed by atoms with E-state index in [0.29, 0.717) is 25.7 Å². The molecular weight excluding hydrogens is 1270 g/mol. The van der Waals surface area contributed by atoms with Gasteiger partial charge in [0.05, 0.1) is 26.4 Å². The van der Waals surface area contributed by atoms with Crippen molar-refractivity contribution in [3.8, 4) is 0 Å². The fraction of sp³-hybridized carbons (Fsp3) is 0.949. The summed E-state index contributed by atoms with van der Waals surface area (Å²) in [5.41, 5.74) is 0. The second-order valence-electron chi connectivity index (χ2n) is 29.1. The van der Waals surface area contributed by atoms with Crippen molar-refractivity contribution in [1.82, 2.24) is 0 Å². The van der Waals surface area contributed by atoms with E-state index in [9.17, 15) is 43.2 Å². The van der Waals surface area contributed by atoms with Crippen molar-refractivity contribution in [3.05, 3.63) is 0 Å². The van der Waals surface area contributed by atoms with Gasteiger partial charge < -0.3 is 33.8 Å². The SMILES string of the molecule is CCCCCCCCCCCCC(=O)OC[C@H](COP(=O)(O)OC[C@H](O)COP(=O)(O)OC[C@@H](COC(=O)CCCCCCCCCCCCCCCCC(C)C)OC(=O)CCCCCCCCCCCCCCCCC(C)CC)OC(=O)CCCCCCCCCCC(C)CC. The second-order valence-corrected chi connectivity index (χ2v) is 32.0. The lowest BCUT2D eigenvalue weighted by atomic mass is 9.99. The molecule has 0 bridgehead atoms. The van der Waals surface area contributed by atoms with E-state index in [1.807, 2.05) is 0 Å². The molecule has 97 heavy (non-hydrogen) atoms. The van der Waals surface area contributed by atoms with Gasteiger partial charge in [0.1, 0.15) is 19.3 Å². The highest BCUT2D eigenvalue weighted by Gasteiger charge is 2.30. The highest BCUT2D eigenvalue weighted by Crippen LogP contribution is 2.45. The van der Waals surface area contributed by atoms with Gasteiger partial charge >= 0.3 is 39.5 Å². The van der Waals surface area contributed by atoms with Crippen LogP contribution >= 0.6 is 15.6 Å². The summed E-state index contributed by atoms with van der Waals surface area (Å²) in [5, 5.41) is 10.6. The lowest BCUT2D eigenvalue weighted by molar-refractivity contribution is -0.161. The molecular formula is C78H152O17P2. The van der Waals surface area contributed by atoms with Gasteiger partial charge in [0.15, 0.2) is 12.2 Å². The third-order valence-electron chi connectivity index (χ3n) is 18.9. The second kappa shape index (κ2) is 68.5. The van der Waals surface area contributed by atoms with Crippen LogP contribution in [0.3, 0.4) is 0 Å². The van der Waals surface area contributed by atoms with Gasteiger partial charge in [-0.05, 0) is 43.4 Å². The summed E-state index contributed by atoms with van der Waals surface area (Å²) in [6, 6.07) is 0. The predicted molar refractivity (Wildman–Crippen MR) is 395 cm³/mol. The van der Waals surface area contributed by atoms with Crippen LogP contribution in [0.15, 0.2) is 0 Å². The zero-order valence-electron chi connectivity index (χ0n) is 63.5. The van der Waals surface area contributed by atoms with Gasteiger partial charge in [-0.3, -0.25) is 37.3 Å². The van der Waals surface area contributed by atoms with Crippen LogP contribution in [0, 0.1) is 17.8 Å². The number of hydrogen-bond donors (Lipinski definition) is 3. The van der Waals surface area contributed by atoms with E-state index in [4.69, 9.17) is 37.0 Å². The first-order chi connectivity index (χ1) is 46.8. The summed E-state index contributed by atoms with van der Waals surface area (Å²) in [7, 11) is -9.91. The van der Waals surface area contributed by atoms with Gasteiger partial charge in [0.2, 0.25) is 0 Å². The van der Waals surface area contributed by atoms with E-state index < -0.39 is 97.5 Å². The summed E-state index contributed by atoms with van der Waals surface area (Å²) < 4.78 is 68.6. The Morgan fingerprint density at radius 1 is 0.299 bits per heavy atom.